The number of hydrogen-bond acceptors (Lipinski definition) is 4. The molecule has 6 nitrogen and oxygen atoms in total. The number of amides is 2. The van der Waals surface area contributed by atoms with Crippen LogP contribution in [-0.2, 0) is 16.1 Å². The minimum Gasteiger partial charge on any atom is -0.478 e. The van der Waals surface area contributed by atoms with E-state index in [0.717, 1.165) is 4.90 Å². The van der Waals surface area contributed by atoms with Gasteiger partial charge in [0.2, 0.25) is 11.8 Å². The molecule has 0 atom stereocenters. The number of piperidine rings is 1. The lowest BCUT2D eigenvalue weighted by molar-refractivity contribution is -0.148. The average Bonchev–Trinajstić information content (AvgIpc) is 2.34. The van der Waals surface area contributed by atoms with Gasteiger partial charge in [-0.15, -0.1) is 0 Å². The number of imide groups is 1. The summed E-state index contributed by atoms with van der Waals surface area (Å²) in [6, 6.07) is 2.74. The minimum atomic E-state index is -1.06. The van der Waals surface area contributed by atoms with Crippen molar-refractivity contribution in [2.75, 3.05) is 0 Å². The van der Waals surface area contributed by atoms with Gasteiger partial charge in [0.25, 0.3) is 0 Å². The van der Waals surface area contributed by atoms with Crippen molar-refractivity contribution >= 4 is 17.8 Å². The van der Waals surface area contributed by atoms with E-state index in [0.29, 0.717) is 25.0 Å². The first-order valence-corrected chi connectivity index (χ1v) is 5.59. The molecule has 1 aromatic rings. The summed E-state index contributed by atoms with van der Waals surface area (Å²) in [6.07, 6.45) is 2.64. The Balaban J connectivity index is 2.17. The predicted octanol–water partition coefficient (Wildman–Crippen LogP) is 0.819. The summed E-state index contributed by atoms with van der Waals surface area (Å²) in [5.41, 5.74) is 0.496. The second kappa shape index (κ2) is 4.95. The monoisotopic (exact) mass is 248 g/mol. The van der Waals surface area contributed by atoms with Crippen LogP contribution in [0.4, 0.5) is 0 Å². The van der Waals surface area contributed by atoms with E-state index in [-0.39, 0.29) is 23.9 Å². The van der Waals surface area contributed by atoms with E-state index in [4.69, 9.17) is 5.11 Å². The van der Waals surface area contributed by atoms with Crippen LogP contribution in [0.15, 0.2) is 18.3 Å². The number of aromatic nitrogens is 1. The van der Waals surface area contributed by atoms with E-state index >= 15 is 0 Å². The summed E-state index contributed by atoms with van der Waals surface area (Å²) < 4.78 is 0. The van der Waals surface area contributed by atoms with Crippen molar-refractivity contribution in [2.24, 2.45) is 0 Å². The summed E-state index contributed by atoms with van der Waals surface area (Å²) >= 11 is 0. The first-order chi connectivity index (χ1) is 8.58. The Morgan fingerprint density at radius 3 is 2.61 bits per heavy atom. The van der Waals surface area contributed by atoms with Crippen LogP contribution in [0.2, 0.25) is 0 Å². The normalized spacial score (nSPS) is 15.9. The molecular weight excluding hydrogens is 236 g/mol. The van der Waals surface area contributed by atoms with Crippen LogP contribution >= 0.6 is 0 Å². The van der Waals surface area contributed by atoms with Crippen LogP contribution in [0.3, 0.4) is 0 Å². The Kier molecular flexibility index (Phi) is 3.36. The van der Waals surface area contributed by atoms with E-state index in [1.54, 1.807) is 0 Å². The molecule has 1 fully saturated rings. The smallest absolute Gasteiger partial charge is 0.335 e. The molecule has 0 spiro atoms. The van der Waals surface area contributed by atoms with Crippen LogP contribution in [0.1, 0.15) is 35.3 Å². The molecule has 1 N–H and O–H groups in total. The van der Waals surface area contributed by atoms with Gasteiger partial charge >= 0.3 is 5.97 Å². The molecule has 0 radical (unpaired) electrons. The first-order valence-electron chi connectivity index (χ1n) is 5.59. The van der Waals surface area contributed by atoms with Crippen molar-refractivity contribution in [3.05, 3.63) is 29.6 Å². The second-order valence-electron chi connectivity index (χ2n) is 4.07. The highest BCUT2D eigenvalue weighted by Gasteiger charge is 2.26. The zero-order valence-electron chi connectivity index (χ0n) is 9.63. The molecule has 94 valence electrons. The van der Waals surface area contributed by atoms with Crippen LogP contribution in [0, 0.1) is 0 Å². The van der Waals surface area contributed by atoms with Gasteiger partial charge in [-0.1, -0.05) is 0 Å². The number of likely N-dealkylation sites (tertiary alicyclic amines) is 1. The van der Waals surface area contributed by atoms with Gasteiger partial charge in [0.1, 0.15) is 0 Å². The molecular formula is C12H12N2O4. The van der Waals surface area contributed by atoms with Gasteiger partial charge in [-0.2, -0.15) is 0 Å². The lowest BCUT2D eigenvalue weighted by atomic mass is 10.1. The standard InChI is InChI=1S/C12H12N2O4/c15-10-2-1-3-11(16)14(10)7-9-6-8(12(17)18)4-5-13-9/h4-6H,1-3,7H2,(H,17,18). The van der Waals surface area contributed by atoms with Crippen molar-refractivity contribution in [1.29, 1.82) is 0 Å². The van der Waals surface area contributed by atoms with E-state index in [2.05, 4.69) is 4.98 Å². The number of rotatable bonds is 3. The molecule has 2 heterocycles. The number of aromatic carboxylic acids is 1. The Bertz CT molecular complexity index is 497. The van der Waals surface area contributed by atoms with Crippen LogP contribution in [0.5, 0.6) is 0 Å². The molecule has 1 saturated heterocycles. The fourth-order valence-electron chi connectivity index (χ4n) is 1.84. The van der Waals surface area contributed by atoms with Gasteiger partial charge in [0.05, 0.1) is 17.8 Å². The topological polar surface area (TPSA) is 87.6 Å². The minimum absolute atomic E-state index is 0.0405. The summed E-state index contributed by atoms with van der Waals surface area (Å²) in [5, 5.41) is 8.84. The van der Waals surface area contributed by atoms with Crippen LogP contribution in [-0.4, -0.2) is 32.8 Å². The molecule has 2 rings (SSSR count). The quantitative estimate of drug-likeness (QED) is 0.800. The molecule has 0 bridgehead atoms. The molecule has 6 heteroatoms. The lowest BCUT2D eigenvalue weighted by Gasteiger charge is -2.24. The maximum absolute atomic E-state index is 11.6. The third-order valence-electron chi connectivity index (χ3n) is 2.77. The third kappa shape index (κ3) is 2.53. The van der Waals surface area contributed by atoms with Crippen LogP contribution < -0.4 is 0 Å². The molecule has 0 aromatic carbocycles. The number of carboxylic acids is 1. The maximum Gasteiger partial charge on any atom is 0.335 e. The van der Waals surface area contributed by atoms with Gasteiger partial charge in [0, 0.05) is 19.0 Å². The lowest BCUT2D eigenvalue weighted by Crippen LogP contribution is -2.39. The summed E-state index contributed by atoms with van der Waals surface area (Å²) in [6.45, 7) is 0.0405. The molecule has 0 saturated carbocycles. The second-order valence-corrected chi connectivity index (χ2v) is 4.07. The summed E-state index contributed by atoms with van der Waals surface area (Å²) in [5.74, 6) is -1.52. The van der Waals surface area contributed by atoms with Crippen molar-refractivity contribution in [1.82, 2.24) is 9.88 Å². The molecule has 0 aliphatic carbocycles. The number of carbonyl (C=O) groups is 3. The van der Waals surface area contributed by atoms with E-state index in [1.807, 2.05) is 0 Å². The highest BCUT2D eigenvalue weighted by Crippen LogP contribution is 2.15. The highest BCUT2D eigenvalue weighted by atomic mass is 16.4. The van der Waals surface area contributed by atoms with E-state index in [9.17, 15) is 14.4 Å². The molecule has 18 heavy (non-hydrogen) atoms. The van der Waals surface area contributed by atoms with Gasteiger partial charge in [-0.3, -0.25) is 19.5 Å². The van der Waals surface area contributed by atoms with Crippen molar-refractivity contribution in [3.63, 3.8) is 0 Å². The predicted molar refractivity (Wildman–Crippen MR) is 60.6 cm³/mol. The number of carboxylic acid groups (broad SMARTS) is 1. The number of carbonyl (C=O) groups excluding carboxylic acids is 2. The molecule has 2 amide bonds. The Morgan fingerprint density at radius 2 is 2.00 bits per heavy atom. The maximum atomic E-state index is 11.6. The van der Waals surface area contributed by atoms with Crippen molar-refractivity contribution in [2.45, 2.75) is 25.8 Å². The van der Waals surface area contributed by atoms with Crippen molar-refractivity contribution < 1.29 is 19.5 Å². The zero-order valence-corrected chi connectivity index (χ0v) is 9.63. The Labute approximate surface area is 103 Å². The molecule has 1 aromatic heterocycles. The van der Waals surface area contributed by atoms with Gasteiger partial charge < -0.3 is 5.11 Å². The first kappa shape index (κ1) is 12.2. The summed E-state index contributed by atoms with van der Waals surface area (Å²) in [4.78, 5) is 39.1. The molecule has 1 aliphatic heterocycles. The number of nitrogens with zero attached hydrogens (tertiary/aromatic N) is 2. The Hall–Kier alpha value is -2.24. The molecule has 0 unspecified atom stereocenters. The summed E-state index contributed by atoms with van der Waals surface area (Å²) in [7, 11) is 0. The van der Waals surface area contributed by atoms with E-state index in [1.165, 1.54) is 18.3 Å². The fourth-order valence-corrected chi connectivity index (χ4v) is 1.84. The van der Waals surface area contributed by atoms with E-state index < -0.39 is 5.97 Å². The largest absolute Gasteiger partial charge is 0.478 e. The number of pyridine rings is 1. The van der Waals surface area contributed by atoms with Crippen LogP contribution in [0.25, 0.3) is 0 Å². The number of hydrogen-bond donors (Lipinski definition) is 1. The fraction of sp³-hybridized carbons (Fsp3) is 0.333. The Morgan fingerprint density at radius 1 is 1.33 bits per heavy atom. The van der Waals surface area contributed by atoms with Gasteiger partial charge in [-0.25, -0.2) is 4.79 Å². The SMILES string of the molecule is O=C(O)c1ccnc(CN2C(=O)CCCC2=O)c1. The zero-order chi connectivity index (χ0) is 13.1. The van der Waals surface area contributed by atoms with Gasteiger partial charge in [-0.05, 0) is 18.6 Å². The highest BCUT2D eigenvalue weighted by molar-refractivity contribution is 5.97. The molecule has 1 aliphatic rings. The van der Waals surface area contributed by atoms with Gasteiger partial charge in [0.15, 0.2) is 0 Å². The van der Waals surface area contributed by atoms with Crippen molar-refractivity contribution in [3.8, 4) is 0 Å². The third-order valence-corrected chi connectivity index (χ3v) is 2.77. The average molecular weight is 248 g/mol.